The number of esters is 4. The summed E-state index contributed by atoms with van der Waals surface area (Å²) in [6, 6.07) is 6.62. The largest absolute Gasteiger partial charge is 0.431 e. The zero-order chi connectivity index (χ0) is 63.7. The maximum absolute atomic E-state index is 13.8. The van der Waals surface area contributed by atoms with Gasteiger partial charge in [-0.25, -0.2) is 39.7 Å². The first-order valence-electron chi connectivity index (χ1n) is 25.4. The van der Waals surface area contributed by atoms with E-state index in [9.17, 15) is 68.2 Å². The van der Waals surface area contributed by atoms with Gasteiger partial charge in [0.15, 0.2) is 22.6 Å². The van der Waals surface area contributed by atoms with E-state index in [1.807, 2.05) is 0 Å². The number of nitro benzene ring substituents is 2. The van der Waals surface area contributed by atoms with Crippen molar-refractivity contribution in [2.75, 3.05) is 31.2 Å². The van der Waals surface area contributed by atoms with Crippen LogP contribution in [0.3, 0.4) is 0 Å². The molecule has 35 heteroatoms. The minimum absolute atomic E-state index is 0.0146. The van der Waals surface area contributed by atoms with Crippen molar-refractivity contribution in [2.45, 2.75) is 140 Å². The Bertz CT molecular complexity index is 2870. The van der Waals surface area contributed by atoms with Crippen LogP contribution < -0.4 is 45.4 Å². The standard InChI is InChI=1S/C49H68N12O23/c1-25(2)48(54,42(70)81-56-27-14-18-29(19-15-27)60(72)73)77-36(64)31-12-10-22-58(31)83-40(68)46(7,52)79-38(66)44(5,50)34(62)24-33(76-9)35(63)45(6,51)39(67)80-47(8,53)41(69)84-59-23-11-13-32(59)37(65)78-49(55,26(3)4)43(71)82-57-28-16-20-30(21-17-28)61(74)75/h14-21,25-26,31-33,56-57H,10-13,22-24,50-55H2,1-9H3/t31?,32?,33?,44-,45-,46+,47+,48-,49-/m1/s1. The summed E-state index contributed by atoms with van der Waals surface area (Å²) >= 11 is 0. The lowest BCUT2D eigenvalue weighted by molar-refractivity contribution is -0.385. The Morgan fingerprint density at radius 1 is 0.560 bits per heavy atom. The monoisotopic (exact) mass is 1190 g/mol. The third kappa shape index (κ3) is 16.0. The van der Waals surface area contributed by atoms with Gasteiger partial charge < -0.3 is 54.5 Å². The lowest BCUT2D eigenvalue weighted by Gasteiger charge is -2.33. The van der Waals surface area contributed by atoms with Gasteiger partial charge in [0.2, 0.25) is 0 Å². The average molecular weight is 1190 g/mol. The van der Waals surface area contributed by atoms with Crippen LogP contribution in [0.1, 0.15) is 87.5 Å². The molecule has 35 nitrogen and oxygen atoms in total. The number of anilines is 2. The van der Waals surface area contributed by atoms with Gasteiger partial charge in [-0.1, -0.05) is 27.7 Å². The molecular weight excluding hydrogens is 1120 g/mol. The summed E-state index contributed by atoms with van der Waals surface area (Å²) in [4.78, 5) is 176. The van der Waals surface area contributed by atoms with Crippen molar-refractivity contribution in [2.24, 2.45) is 46.2 Å². The normalized spacial score (nSPS) is 20.0. The van der Waals surface area contributed by atoms with Crippen LogP contribution in [0.15, 0.2) is 48.5 Å². The van der Waals surface area contributed by atoms with E-state index in [4.69, 9.17) is 77.4 Å². The number of ether oxygens (including phenoxy) is 5. The van der Waals surface area contributed by atoms with Gasteiger partial charge in [-0.3, -0.25) is 62.3 Å². The SMILES string of the molecule is COC(CC(=O)[C@@](C)(N)C(=O)O[C@](C)(N)C(=O)ON1CCCC1C(=O)O[C@@](N)(C(=O)ONc1ccc([N+](=O)[O-])cc1)C(C)C)C(=O)[C@@](C)(N)C(=O)O[C@](C)(N)C(=O)ON1CCCC1C(=O)O[C@@](N)(C(=O)ONc1ccc([N+](=O)[O-])cc1)C(C)C. The molecule has 84 heavy (non-hydrogen) atoms. The van der Waals surface area contributed by atoms with Crippen LogP contribution in [0, 0.1) is 32.1 Å². The summed E-state index contributed by atoms with van der Waals surface area (Å²) in [5, 5.41) is 23.6. The van der Waals surface area contributed by atoms with Crippen LogP contribution in [0.2, 0.25) is 0 Å². The lowest BCUT2D eigenvalue weighted by Crippen LogP contribution is -2.63. The zero-order valence-corrected chi connectivity index (χ0v) is 47.1. The van der Waals surface area contributed by atoms with Crippen LogP contribution in [-0.4, -0.2) is 152 Å². The number of nitrogens with zero attached hydrogens (tertiary/aromatic N) is 4. The number of carbonyl (C=O) groups excluding carboxylic acids is 10. The van der Waals surface area contributed by atoms with E-state index >= 15 is 0 Å². The van der Waals surface area contributed by atoms with Crippen molar-refractivity contribution >= 4 is 82.1 Å². The molecule has 0 amide bonds. The number of hydroxylamine groups is 4. The van der Waals surface area contributed by atoms with Gasteiger partial charge in [-0.05, 0) is 63.8 Å². The second-order valence-corrected chi connectivity index (χ2v) is 20.8. The van der Waals surface area contributed by atoms with Crippen molar-refractivity contribution in [3.05, 3.63) is 68.8 Å². The third-order valence-electron chi connectivity index (χ3n) is 13.2. The fourth-order valence-corrected chi connectivity index (χ4v) is 7.39. The second kappa shape index (κ2) is 26.9. The molecule has 9 atom stereocenters. The summed E-state index contributed by atoms with van der Waals surface area (Å²) in [7, 11) is 0.918. The number of carbonyl (C=O) groups is 10. The molecule has 0 saturated carbocycles. The second-order valence-electron chi connectivity index (χ2n) is 20.8. The molecule has 0 radical (unpaired) electrons. The molecule has 4 rings (SSSR count). The maximum Gasteiger partial charge on any atom is 0.391 e. The van der Waals surface area contributed by atoms with Gasteiger partial charge in [-0.2, -0.15) is 0 Å². The van der Waals surface area contributed by atoms with Crippen molar-refractivity contribution in [3.8, 4) is 0 Å². The molecule has 14 N–H and O–H groups in total. The van der Waals surface area contributed by atoms with Gasteiger partial charge >= 0.3 is 47.8 Å². The average Bonchev–Trinajstić information content (AvgIpc) is 2.87. The molecule has 2 aliphatic rings. The molecule has 2 heterocycles. The lowest BCUT2D eigenvalue weighted by atomic mass is 9.87. The van der Waals surface area contributed by atoms with E-state index in [0.29, 0.717) is 0 Å². The van der Waals surface area contributed by atoms with Crippen molar-refractivity contribution in [1.82, 2.24) is 10.1 Å². The molecule has 0 bridgehead atoms. The Kier molecular flexibility index (Phi) is 21.8. The van der Waals surface area contributed by atoms with Gasteiger partial charge in [0.1, 0.15) is 18.2 Å². The Hall–Kier alpha value is -8.42. The molecule has 2 aromatic carbocycles. The number of ketones is 2. The molecule has 462 valence electrons. The third-order valence-corrected chi connectivity index (χ3v) is 13.2. The maximum atomic E-state index is 13.8. The summed E-state index contributed by atoms with van der Waals surface area (Å²) in [5.41, 5.74) is 25.0. The molecule has 2 saturated heterocycles. The fraction of sp³-hybridized carbons (Fsp3) is 0.551. The molecular formula is C49H68N12O23. The minimum atomic E-state index is -2.78. The van der Waals surface area contributed by atoms with E-state index < -0.39 is 140 Å². The number of nitro groups is 2. The molecule has 0 spiro atoms. The van der Waals surface area contributed by atoms with Gasteiger partial charge in [0.05, 0.1) is 21.2 Å². The highest BCUT2D eigenvalue weighted by molar-refractivity contribution is 6.14. The Balaban J connectivity index is 1.33. The Labute approximate surface area is 477 Å². The Morgan fingerprint density at radius 2 is 0.905 bits per heavy atom. The van der Waals surface area contributed by atoms with Crippen LogP contribution in [0.25, 0.3) is 0 Å². The predicted molar refractivity (Wildman–Crippen MR) is 281 cm³/mol. The number of hydrogen-bond acceptors (Lipinski definition) is 33. The van der Waals surface area contributed by atoms with Crippen LogP contribution in [0.4, 0.5) is 22.7 Å². The first-order chi connectivity index (χ1) is 38.8. The predicted octanol–water partition coefficient (Wildman–Crippen LogP) is -1.09. The number of non-ortho nitro benzene ring substituents is 2. The van der Waals surface area contributed by atoms with Crippen molar-refractivity contribution in [1.29, 1.82) is 0 Å². The van der Waals surface area contributed by atoms with E-state index in [-0.39, 0.29) is 61.5 Å². The minimum Gasteiger partial charge on any atom is -0.431 e. The number of Topliss-reactive ketones (excluding diaryl/α,β-unsaturated/α-hetero) is 2. The van der Waals surface area contributed by atoms with Crippen molar-refractivity contribution < 1.29 is 101 Å². The number of methoxy groups -OCH3 is 1. The summed E-state index contributed by atoms with van der Waals surface area (Å²) < 4.78 is 26.2. The number of nitrogens with two attached hydrogens (primary N) is 6. The van der Waals surface area contributed by atoms with Gasteiger partial charge in [0, 0.05) is 76.6 Å². The van der Waals surface area contributed by atoms with E-state index in [1.54, 1.807) is 0 Å². The van der Waals surface area contributed by atoms with E-state index in [0.717, 1.165) is 69.2 Å². The van der Waals surface area contributed by atoms with Crippen LogP contribution >= 0.6 is 0 Å². The quantitative estimate of drug-likeness (QED) is 0.0125. The highest BCUT2D eigenvalue weighted by Crippen LogP contribution is 2.29. The van der Waals surface area contributed by atoms with E-state index in [2.05, 4.69) is 11.0 Å². The molecule has 0 aliphatic carbocycles. The van der Waals surface area contributed by atoms with Gasteiger partial charge in [-0.15, -0.1) is 10.1 Å². The zero-order valence-electron chi connectivity index (χ0n) is 47.1. The van der Waals surface area contributed by atoms with E-state index in [1.165, 1.54) is 52.0 Å². The Morgan fingerprint density at radius 3 is 1.23 bits per heavy atom. The van der Waals surface area contributed by atoms with Gasteiger partial charge in [0.25, 0.3) is 34.3 Å². The van der Waals surface area contributed by atoms with Crippen molar-refractivity contribution in [3.63, 3.8) is 0 Å². The van der Waals surface area contributed by atoms with Crippen LogP contribution in [-0.2, 0) is 91.0 Å². The molecule has 3 unspecified atom stereocenters. The summed E-state index contributed by atoms with van der Waals surface area (Å²) in [5.74, 6) is -15.8. The fourth-order valence-electron chi connectivity index (χ4n) is 7.39. The highest BCUT2D eigenvalue weighted by atomic mass is 16.8. The first-order valence-corrected chi connectivity index (χ1v) is 25.4. The molecule has 0 aromatic heterocycles. The number of hydrogen-bond donors (Lipinski definition) is 8. The highest BCUT2D eigenvalue weighted by Gasteiger charge is 2.53. The summed E-state index contributed by atoms with van der Waals surface area (Å²) in [6.07, 6.45) is -2.68. The molecule has 2 aromatic rings. The molecule has 2 aliphatic heterocycles. The topological polar surface area (TPSA) is 527 Å². The number of rotatable bonds is 28. The van der Waals surface area contributed by atoms with Crippen LogP contribution in [0.5, 0.6) is 0 Å². The number of nitrogens with one attached hydrogen (secondary N) is 2. The number of benzene rings is 2. The molecule has 2 fully saturated rings. The first kappa shape index (κ1) is 68.1. The smallest absolute Gasteiger partial charge is 0.391 e. The summed E-state index contributed by atoms with van der Waals surface area (Å²) in [6.45, 7) is 8.78.